The first-order chi connectivity index (χ1) is 26.9. The largest absolute Gasteiger partial charge is 0.479 e. The summed E-state index contributed by atoms with van der Waals surface area (Å²) in [5.74, 6) is -3.82. The molecular formula is C44H68O13. The highest BCUT2D eigenvalue weighted by molar-refractivity contribution is 5.76. The van der Waals surface area contributed by atoms with Crippen molar-refractivity contribution in [2.24, 2.45) is 17.8 Å². The van der Waals surface area contributed by atoms with Gasteiger partial charge >= 0.3 is 5.97 Å². The summed E-state index contributed by atoms with van der Waals surface area (Å²) in [6.45, 7) is 14.5. The molecule has 0 aromatic carbocycles. The van der Waals surface area contributed by atoms with Gasteiger partial charge in [-0.1, -0.05) is 45.1 Å². The summed E-state index contributed by atoms with van der Waals surface area (Å²) in [4.78, 5) is 11.6. The van der Waals surface area contributed by atoms with Gasteiger partial charge in [0.05, 0.1) is 43.2 Å². The number of aliphatic hydroxyl groups is 4. The SMILES string of the molecule is C=C1[C@@H](O)[C@H]2O[C@]3(CC[C@H](/C=C/[C@@H](C)[C@H]4CC(C)=C[C@@]5(O[C@@H](C[C@@](C)(O)C(=O)O)CC[C@H]5O)O4)O3)CC[C@H]2O[C@@H]1[C@@H](O)C[C@H](C)[C@H]1O[C@@]2(CCCCO2)CC[C@H]1C. The second-order valence-corrected chi connectivity index (χ2v) is 18.9. The number of ether oxygens (including phenoxy) is 7. The van der Waals surface area contributed by atoms with Crippen LogP contribution in [0.4, 0.5) is 0 Å². The Morgan fingerprint density at radius 1 is 1.00 bits per heavy atom. The van der Waals surface area contributed by atoms with Crippen molar-refractivity contribution in [2.75, 3.05) is 6.61 Å². The molecule has 0 amide bonds. The second kappa shape index (κ2) is 17.0. The lowest BCUT2D eigenvalue weighted by molar-refractivity contribution is -0.321. The standard InChI is InChI=1S/C44H68O13/c1-25-21-34(55-44(23-25)35(46)12-11-31(54-44)24-41(6,50)40(48)49)26(2)9-10-30-14-18-43(53-30)19-15-33-39(57-43)36(47)29(5)38(52-33)32(45)22-28(4)37-27(3)13-17-42(56-37)16-7-8-20-51-42/h9-10,23,26-28,30-39,45-47,50H,5,7-8,11-22,24H2,1-4,6H3,(H,48,49)/b10-9+/t26-,27-,28+,30+,31-,32+,33-,34-,35-,36-,37+,38+,39+,41-,42+,43-,44-/m1/s1. The van der Waals surface area contributed by atoms with E-state index >= 15 is 0 Å². The van der Waals surface area contributed by atoms with Crippen LogP contribution in [0.15, 0.2) is 36.0 Å². The van der Waals surface area contributed by atoms with Crippen LogP contribution in [-0.4, -0.2) is 122 Å². The third-order valence-corrected chi connectivity index (χ3v) is 14.0. The molecule has 13 heteroatoms. The monoisotopic (exact) mass is 804 g/mol. The van der Waals surface area contributed by atoms with E-state index in [9.17, 15) is 30.3 Å². The number of hydrogen-bond acceptors (Lipinski definition) is 12. The lowest BCUT2D eigenvalue weighted by Gasteiger charge is -2.50. The topological polar surface area (TPSA) is 183 Å². The smallest absolute Gasteiger partial charge is 0.335 e. The van der Waals surface area contributed by atoms with Gasteiger partial charge in [-0.2, -0.15) is 0 Å². The molecule has 13 nitrogen and oxygen atoms in total. The molecular weight excluding hydrogens is 736 g/mol. The van der Waals surface area contributed by atoms with Crippen molar-refractivity contribution in [3.05, 3.63) is 36.0 Å². The van der Waals surface area contributed by atoms with E-state index in [1.54, 1.807) is 6.08 Å². The Morgan fingerprint density at radius 3 is 2.49 bits per heavy atom. The Morgan fingerprint density at radius 2 is 1.75 bits per heavy atom. The van der Waals surface area contributed by atoms with Crippen molar-refractivity contribution >= 4 is 5.97 Å². The third kappa shape index (κ3) is 9.15. The first-order valence-corrected chi connectivity index (χ1v) is 21.7. The molecule has 6 saturated heterocycles. The van der Waals surface area contributed by atoms with Gasteiger partial charge < -0.3 is 58.7 Å². The van der Waals surface area contributed by atoms with Crippen LogP contribution in [0, 0.1) is 17.8 Å². The molecule has 5 N–H and O–H groups in total. The van der Waals surface area contributed by atoms with Crippen LogP contribution in [0.25, 0.3) is 0 Å². The number of carboxylic acid groups (broad SMARTS) is 1. The number of carbonyl (C=O) groups is 1. The molecule has 7 aliphatic rings. The minimum atomic E-state index is -1.96. The van der Waals surface area contributed by atoms with Crippen LogP contribution >= 0.6 is 0 Å². The van der Waals surface area contributed by atoms with Crippen LogP contribution in [0.1, 0.15) is 125 Å². The number of carboxylic acids is 1. The fourth-order valence-electron chi connectivity index (χ4n) is 10.5. The zero-order chi connectivity index (χ0) is 40.9. The molecule has 0 saturated carbocycles. The van der Waals surface area contributed by atoms with Crippen LogP contribution in [-0.2, 0) is 38.0 Å². The predicted octanol–water partition coefficient (Wildman–Crippen LogP) is 5.21. The quantitative estimate of drug-likeness (QED) is 0.182. The maximum Gasteiger partial charge on any atom is 0.335 e. The summed E-state index contributed by atoms with van der Waals surface area (Å²) in [5.41, 5.74) is -0.551. The van der Waals surface area contributed by atoms with E-state index < -0.39 is 71.7 Å². The average Bonchev–Trinajstić information content (AvgIpc) is 3.56. The van der Waals surface area contributed by atoms with Gasteiger partial charge in [0.25, 0.3) is 0 Å². The molecule has 7 aliphatic heterocycles. The molecule has 0 radical (unpaired) electrons. The summed E-state index contributed by atoms with van der Waals surface area (Å²) >= 11 is 0. The first-order valence-electron chi connectivity index (χ1n) is 21.7. The van der Waals surface area contributed by atoms with E-state index in [4.69, 9.17) is 33.2 Å². The van der Waals surface area contributed by atoms with Gasteiger partial charge in [-0.25, -0.2) is 4.79 Å². The molecule has 7 rings (SSSR count). The third-order valence-electron chi connectivity index (χ3n) is 14.0. The Balaban J connectivity index is 0.920. The molecule has 0 aromatic heterocycles. The normalized spacial score (nSPS) is 45.4. The Labute approximate surface area is 337 Å². The molecule has 17 atom stereocenters. The van der Waals surface area contributed by atoms with Crippen molar-refractivity contribution in [3.63, 3.8) is 0 Å². The summed E-state index contributed by atoms with van der Waals surface area (Å²) in [6.07, 6.45) is 9.37. The van der Waals surface area contributed by atoms with E-state index in [1.807, 2.05) is 19.9 Å². The number of fused-ring (bicyclic) bond motifs is 1. The highest BCUT2D eigenvalue weighted by atomic mass is 16.7. The number of aliphatic carboxylic acids is 1. The van der Waals surface area contributed by atoms with Gasteiger partial charge in [0, 0.05) is 38.0 Å². The van der Waals surface area contributed by atoms with E-state index in [0.717, 1.165) is 50.7 Å². The molecule has 322 valence electrons. The predicted molar refractivity (Wildman–Crippen MR) is 208 cm³/mol. The lowest BCUT2D eigenvalue weighted by Crippen LogP contribution is -2.60. The fraction of sp³-hybridized carbons (Fsp3) is 0.841. The van der Waals surface area contributed by atoms with Gasteiger partial charge in [-0.3, -0.25) is 0 Å². The average molecular weight is 805 g/mol. The number of aliphatic hydroxyl groups excluding tert-OH is 3. The zero-order valence-corrected chi connectivity index (χ0v) is 34.6. The van der Waals surface area contributed by atoms with Crippen LogP contribution in [0.5, 0.6) is 0 Å². The Bertz CT molecular complexity index is 1510. The highest BCUT2D eigenvalue weighted by Crippen LogP contribution is 2.47. The fourth-order valence-corrected chi connectivity index (χ4v) is 10.5. The summed E-state index contributed by atoms with van der Waals surface area (Å²) in [5, 5.41) is 54.0. The number of rotatable bonds is 10. The minimum Gasteiger partial charge on any atom is -0.479 e. The summed E-state index contributed by atoms with van der Waals surface area (Å²) in [7, 11) is 0. The van der Waals surface area contributed by atoms with Gasteiger partial charge in [-0.05, 0) is 95.1 Å². The summed E-state index contributed by atoms with van der Waals surface area (Å²) < 4.78 is 45.2. The zero-order valence-electron chi connectivity index (χ0n) is 34.6. The van der Waals surface area contributed by atoms with Crippen molar-refractivity contribution < 1.29 is 63.5 Å². The first kappa shape index (κ1) is 43.3. The Hall–Kier alpha value is -1.75. The molecule has 0 unspecified atom stereocenters. The van der Waals surface area contributed by atoms with Crippen LogP contribution in [0.3, 0.4) is 0 Å². The van der Waals surface area contributed by atoms with E-state index in [0.29, 0.717) is 56.4 Å². The number of hydrogen-bond donors (Lipinski definition) is 5. The van der Waals surface area contributed by atoms with Gasteiger partial charge in [0.15, 0.2) is 17.2 Å². The molecule has 7 heterocycles. The molecule has 0 bridgehead atoms. The van der Waals surface area contributed by atoms with Crippen molar-refractivity contribution in [3.8, 4) is 0 Å². The lowest BCUT2D eigenvalue weighted by atomic mass is 9.79. The highest BCUT2D eigenvalue weighted by Gasteiger charge is 2.55. The molecule has 3 spiro atoms. The molecule has 6 fully saturated rings. The summed E-state index contributed by atoms with van der Waals surface area (Å²) in [6, 6.07) is 0. The molecule has 57 heavy (non-hydrogen) atoms. The minimum absolute atomic E-state index is 0.0423. The van der Waals surface area contributed by atoms with E-state index in [1.165, 1.54) is 6.92 Å². The van der Waals surface area contributed by atoms with Crippen molar-refractivity contribution in [1.82, 2.24) is 0 Å². The second-order valence-electron chi connectivity index (χ2n) is 18.9. The molecule has 0 aliphatic carbocycles. The maximum atomic E-state index is 11.6. The van der Waals surface area contributed by atoms with Crippen LogP contribution in [0.2, 0.25) is 0 Å². The molecule has 0 aromatic rings. The van der Waals surface area contributed by atoms with E-state index in [2.05, 4.69) is 26.5 Å². The van der Waals surface area contributed by atoms with Crippen LogP contribution < -0.4 is 0 Å². The van der Waals surface area contributed by atoms with Crippen molar-refractivity contribution in [2.45, 2.75) is 209 Å². The van der Waals surface area contributed by atoms with Gasteiger partial charge in [-0.15, -0.1) is 0 Å². The van der Waals surface area contributed by atoms with Gasteiger partial charge in [0.2, 0.25) is 5.79 Å². The van der Waals surface area contributed by atoms with Crippen molar-refractivity contribution in [1.29, 1.82) is 0 Å². The maximum absolute atomic E-state index is 11.6. The van der Waals surface area contributed by atoms with E-state index in [-0.39, 0.29) is 36.6 Å². The Kier molecular flexibility index (Phi) is 12.9. The van der Waals surface area contributed by atoms with Gasteiger partial charge in [0.1, 0.15) is 24.4 Å².